The van der Waals surface area contributed by atoms with E-state index in [2.05, 4.69) is 51.3 Å². The second-order valence-electron chi connectivity index (χ2n) is 5.12. The first-order chi connectivity index (χ1) is 10.8. The number of hydrogen-bond donors (Lipinski definition) is 1. The van der Waals surface area contributed by atoms with Crippen molar-refractivity contribution < 1.29 is 5.11 Å². The van der Waals surface area contributed by atoms with Gasteiger partial charge in [0.1, 0.15) is 6.33 Å². The van der Waals surface area contributed by atoms with Crippen LogP contribution in [0.25, 0.3) is 27.2 Å². The Labute approximate surface area is 132 Å². The molecule has 0 atom stereocenters. The average Bonchev–Trinajstić information content (AvgIpc) is 3.24. The van der Waals surface area contributed by atoms with Crippen molar-refractivity contribution in [1.82, 2.24) is 9.55 Å². The summed E-state index contributed by atoms with van der Waals surface area (Å²) in [6.07, 6.45) is 1.83. The number of aliphatic hydroxyl groups is 1. The van der Waals surface area contributed by atoms with Gasteiger partial charge in [0.25, 0.3) is 0 Å². The Morgan fingerprint density at radius 2 is 2.00 bits per heavy atom. The molecule has 0 amide bonds. The number of aliphatic hydroxyl groups excluding tert-OH is 1. The Morgan fingerprint density at radius 1 is 1.05 bits per heavy atom. The normalized spacial score (nSPS) is 11.1. The van der Waals surface area contributed by atoms with Gasteiger partial charge >= 0.3 is 0 Å². The van der Waals surface area contributed by atoms with Gasteiger partial charge in [-0.05, 0) is 46.8 Å². The van der Waals surface area contributed by atoms with E-state index in [1.165, 1.54) is 10.4 Å². The number of aromatic nitrogens is 2. The van der Waals surface area contributed by atoms with E-state index in [1.54, 1.807) is 11.3 Å². The van der Waals surface area contributed by atoms with Gasteiger partial charge in [-0.15, -0.1) is 11.3 Å². The number of nitrogens with zero attached hydrogens (tertiary/aromatic N) is 2. The van der Waals surface area contributed by atoms with E-state index < -0.39 is 0 Å². The Balaban J connectivity index is 1.84. The third-order valence-electron chi connectivity index (χ3n) is 3.72. The molecule has 22 heavy (non-hydrogen) atoms. The quantitative estimate of drug-likeness (QED) is 0.614. The summed E-state index contributed by atoms with van der Waals surface area (Å²) < 4.78 is 2.08. The van der Waals surface area contributed by atoms with E-state index in [0.717, 1.165) is 22.3 Å². The van der Waals surface area contributed by atoms with E-state index in [0.29, 0.717) is 0 Å². The molecular formula is C18H14N2OS. The molecule has 0 saturated heterocycles. The molecule has 0 aliphatic heterocycles. The van der Waals surface area contributed by atoms with Crippen LogP contribution < -0.4 is 0 Å². The zero-order chi connectivity index (χ0) is 14.9. The monoisotopic (exact) mass is 306 g/mol. The minimum atomic E-state index is 0.0384. The number of hydrogen-bond acceptors (Lipinski definition) is 3. The molecule has 0 saturated carbocycles. The zero-order valence-electron chi connectivity index (χ0n) is 11.8. The van der Waals surface area contributed by atoms with Gasteiger partial charge < -0.3 is 5.11 Å². The van der Waals surface area contributed by atoms with Crippen LogP contribution in [0.5, 0.6) is 0 Å². The maximum absolute atomic E-state index is 9.23. The molecule has 2 aromatic carbocycles. The lowest BCUT2D eigenvalue weighted by molar-refractivity contribution is 0.282. The summed E-state index contributed by atoms with van der Waals surface area (Å²) in [5.74, 6) is 0. The Morgan fingerprint density at radius 3 is 2.82 bits per heavy atom. The van der Waals surface area contributed by atoms with Crippen LogP contribution in [0.2, 0.25) is 0 Å². The van der Waals surface area contributed by atoms with Crippen molar-refractivity contribution >= 4 is 22.4 Å². The number of benzene rings is 2. The van der Waals surface area contributed by atoms with Crippen LogP contribution in [-0.4, -0.2) is 14.7 Å². The molecule has 0 spiro atoms. The molecule has 4 rings (SSSR count). The summed E-state index contributed by atoms with van der Waals surface area (Å²) in [4.78, 5) is 5.71. The molecule has 108 valence electrons. The van der Waals surface area contributed by atoms with E-state index in [1.807, 2.05) is 24.5 Å². The molecule has 0 bridgehead atoms. The molecular weight excluding hydrogens is 292 g/mol. The number of imidazole rings is 1. The first kappa shape index (κ1) is 13.2. The van der Waals surface area contributed by atoms with Crippen LogP contribution in [-0.2, 0) is 6.61 Å². The van der Waals surface area contributed by atoms with Gasteiger partial charge in [-0.2, -0.15) is 0 Å². The van der Waals surface area contributed by atoms with Crippen molar-refractivity contribution in [3.63, 3.8) is 0 Å². The van der Waals surface area contributed by atoms with Crippen LogP contribution in [0, 0.1) is 0 Å². The van der Waals surface area contributed by atoms with E-state index in [-0.39, 0.29) is 6.61 Å². The van der Waals surface area contributed by atoms with E-state index in [4.69, 9.17) is 0 Å². The summed E-state index contributed by atoms with van der Waals surface area (Å²) in [5.41, 5.74) is 5.12. The zero-order valence-corrected chi connectivity index (χ0v) is 12.6. The predicted molar refractivity (Wildman–Crippen MR) is 90.3 cm³/mol. The molecule has 2 aromatic heterocycles. The van der Waals surface area contributed by atoms with Gasteiger partial charge in [-0.25, -0.2) is 4.98 Å². The van der Waals surface area contributed by atoms with Crippen molar-refractivity contribution in [2.75, 3.05) is 0 Å². The van der Waals surface area contributed by atoms with E-state index in [9.17, 15) is 5.11 Å². The number of rotatable bonds is 3. The third kappa shape index (κ3) is 2.22. The summed E-state index contributed by atoms with van der Waals surface area (Å²) in [5, 5.41) is 11.3. The molecule has 0 aliphatic carbocycles. The Kier molecular flexibility index (Phi) is 3.25. The number of fused-ring (bicyclic) bond motifs is 1. The summed E-state index contributed by atoms with van der Waals surface area (Å²) >= 11 is 1.74. The molecule has 0 aliphatic rings. The summed E-state index contributed by atoms with van der Waals surface area (Å²) in [7, 11) is 0. The predicted octanol–water partition coefficient (Wildman–Crippen LogP) is 4.25. The largest absolute Gasteiger partial charge is 0.392 e. The van der Waals surface area contributed by atoms with Crippen LogP contribution in [0.4, 0.5) is 0 Å². The van der Waals surface area contributed by atoms with E-state index >= 15 is 0 Å². The molecule has 2 heterocycles. The average molecular weight is 306 g/mol. The van der Waals surface area contributed by atoms with Gasteiger partial charge in [-0.1, -0.05) is 24.3 Å². The van der Waals surface area contributed by atoms with Gasteiger partial charge in [0.15, 0.2) is 0 Å². The molecule has 0 unspecified atom stereocenters. The van der Waals surface area contributed by atoms with Crippen LogP contribution in [0.3, 0.4) is 0 Å². The minimum Gasteiger partial charge on any atom is -0.392 e. The lowest BCUT2D eigenvalue weighted by Gasteiger charge is -2.07. The Hall–Kier alpha value is -2.43. The fourth-order valence-corrected chi connectivity index (χ4v) is 3.34. The fourth-order valence-electron chi connectivity index (χ4n) is 2.61. The summed E-state index contributed by atoms with van der Waals surface area (Å²) in [6.45, 7) is 0.0384. The highest BCUT2D eigenvalue weighted by molar-refractivity contribution is 7.13. The Bertz CT molecular complexity index is 925. The van der Waals surface area contributed by atoms with Crippen molar-refractivity contribution in [3.8, 4) is 16.1 Å². The first-order valence-electron chi connectivity index (χ1n) is 7.06. The van der Waals surface area contributed by atoms with Crippen LogP contribution in [0.1, 0.15) is 5.56 Å². The standard InChI is InChI=1S/C18H14N2OS/c21-11-13-6-7-17-16(9-13)19-12-20(17)15-4-1-3-14(10-15)18-5-2-8-22-18/h1-10,12,21H,11H2. The first-order valence-corrected chi connectivity index (χ1v) is 7.94. The SMILES string of the molecule is OCc1ccc2c(c1)ncn2-c1cccc(-c2cccs2)c1. The highest BCUT2D eigenvalue weighted by Gasteiger charge is 2.07. The lowest BCUT2D eigenvalue weighted by atomic mass is 10.1. The second kappa shape index (κ2) is 5.40. The van der Waals surface area contributed by atoms with Crippen molar-refractivity contribution in [2.24, 2.45) is 0 Å². The minimum absolute atomic E-state index is 0.0384. The molecule has 0 radical (unpaired) electrons. The van der Waals surface area contributed by atoms with Crippen molar-refractivity contribution in [2.45, 2.75) is 6.61 Å². The van der Waals surface area contributed by atoms with Crippen LogP contribution in [0.15, 0.2) is 66.3 Å². The topological polar surface area (TPSA) is 38.1 Å². The lowest BCUT2D eigenvalue weighted by Crippen LogP contribution is -1.92. The third-order valence-corrected chi connectivity index (χ3v) is 4.64. The van der Waals surface area contributed by atoms with Crippen molar-refractivity contribution in [1.29, 1.82) is 0 Å². The van der Waals surface area contributed by atoms with Crippen molar-refractivity contribution in [3.05, 3.63) is 71.9 Å². The highest BCUT2D eigenvalue weighted by Crippen LogP contribution is 2.27. The smallest absolute Gasteiger partial charge is 0.100 e. The molecule has 1 N–H and O–H groups in total. The van der Waals surface area contributed by atoms with Crippen LogP contribution >= 0.6 is 11.3 Å². The number of thiophene rings is 1. The van der Waals surface area contributed by atoms with Gasteiger partial charge in [0, 0.05) is 10.6 Å². The van der Waals surface area contributed by atoms with Gasteiger partial charge in [0.05, 0.1) is 17.6 Å². The molecule has 4 heteroatoms. The maximum Gasteiger partial charge on any atom is 0.100 e. The van der Waals surface area contributed by atoms with Gasteiger partial charge in [-0.3, -0.25) is 4.57 Å². The highest BCUT2D eigenvalue weighted by atomic mass is 32.1. The molecule has 4 aromatic rings. The fraction of sp³-hybridized carbons (Fsp3) is 0.0556. The second-order valence-corrected chi connectivity index (χ2v) is 6.07. The molecule has 0 fully saturated rings. The van der Waals surface area contributed by atoms with Gasteiger partial charge in [0.2, 0.25) is 0 Å². The molecule has 3 nitrogen and oxygen atoms in total. The maximum atomic E-state index is 9.23. The summed E-state index contributed by atoms with van der Waals surface area (Å²) in [6, 6.07) is 18.5.